The molecule has 1 unspecified atom stereocenters. The van der Waals surface area contributed by atoms with Gasteiger partial charge in [-0.2, -0.15) is 0 Å². The van der Waals surface area contributed by atoms with Crippen LogP contribution in [0.2, 0.25) is 0 Å². The van der Waals surface area contributed by atoms with Gasteiger partial charge in [-0.1, -0.05) is 13.0 Å². The van der Waals surface area contributed by atoms with Crippen LogP contribution in [-0.2, 0) is 11.3 Å². The van der Waals surface area contributed by atoms with Crippen LogP contribution in [0.4, 0.5) is 0 Å². The highest BCUT2D eigenvalue weighted by atomic mass is 16.5. The molecular formula is C15H19NO4. The second kappa shape index (κ2) is 6.54. The molecule has 108 valence electrons. The number of nitrogens with one attached hydrogen (secondary N) is 1. The number of rotatable bonds is 7. The van der Waals surface area contributed by atoms with Crippen LogP contribution in [0.1, 0.15) is 29.5 Å². The van der Waals surface area contributed by atoms with Crippen molar-refractivity contribution in [2.24, 2.45) is 0 Å². The van der Waals surface area contributed by atoms with Crippen LogP contribution in [-0.4, -0.2) is 30.8 Å². The van der Waals surface area contributed by atoms with Gasteiger partial charge >= 0.3 is 5.97 Å². The van der Waals surface area contributed by atoms with Crippen molar-refractivity contribution in [2.75, 3.05) is 13.7 Å². The summed E-state index contributed by atoms with van der Waals surface area (Å²) in [6.07, 6.45) is 0.991. The monoisotopic (exact) mass is 277 g/mol. The van der Waals surface area contributed by atoms with Gasteiger partial charge in [0.25, 0.3) is 0 Å². The Balaban J connectivity index is 2.09. The number of furan rings is 1. The van der Waals surface area contributed by atoms with E-state index in [1.165, 1.54) is 0 Å². The number of carboxylic acid groups (broad SMARTS) is 1. The maximum Gasteiger partial charge on any atom is 0.371 e. The summed E-state index contributed by atoms with van der Waals surface area (Å²) >= 11 is 0. The molecule has 2 N–H and O–H groups in total. The SMILES string of the molecule is CCC(COC)NCc1ccc2oc(C(=O)O)cc2c1. The quantitative estimate of drug-likeness (QED) is 0.814. The number of ether oxygens (including phenoxy) is 1. The Hall–Kier alpha value is -1.85. The van der Waals surface area contributed by atoms with E-state index in [1.54, 1.807) is 19.2 Å². The average molecular weight is 277 g/mol. The second-order valence-corrected chi connectivity index (χ2v) is 4.73. The zero-order valence-corrected chi connectivity index (χ0v) is 11.7. The molecular weight excluding hydrogens is 258 g/mol. The lowest BCUT2D eigenvalue weighted by Gasteiger charge is -2.15. The standard InChI is InChI=1S/C15H19NO4/c1-3-12(9-19-2)16-8-10-4-5-13-11(6-10)7-14(20-13)15(17)18/h4-7,12,16H,3,8-9H2,1-2H3,(H,17,18). The molecule has 2 aromatic rings. The van der Waals surface area contributed by atoms with E-state index in [0.29, 0.717) is 24.8 Å². The summed E-state index contributed by atoms with van der Waals surface area (Å²) < 4.78 is 10.4. The van der Waals surface area contributed by atoms with Crippen molar-refractivity contribution in [3.63, 3.8) is 0 Å². The molecule has 0 amide bonds. The van der Waals surface area contributed by atoms with E-state index >= 15 is 0 Å². The molecule has 0 aliphatic carbocycles. The summed E-state index contributed by atoms with van der Waals surface area (Å²) in [5.74, 6) is -1.08. The summed E-state index contributed by atoms with van der Waals surface area (Å²) in [4.78, 5) is 10.9. The number of carbonyl (C=O) groups is 1. The van der Waals surface area contributed by atoms with E-state index in [2.05, 4.69) is 12.2 Å². The number of hydrogen-bond acceptors (Lipinski definition) is 4. The van der Waals surface area contributed by atoms with E-state index < -0.39 is 5.97 Å². The Morgan fingerprint density at radius 1 is 1.45 bits per heavy atom. The predicted molar refractivity (Wildman–Crippen MR) is 76.0 cm³/mol. The van der Waals surface area contributed by atoms with Crippen LogP contribution in [0, 0.1) is 0 Å². The van der Waals surface area contributed by atoms with Gasteiger partial charge in [-0.3, -0.25) is 0 Å². The zero-order chi connectivity index (χ0) is 14.5. The molecule has 0 spiro atoms. The van der Waals surface area contributed by atoms with Crippen LogP contribution in [0.3, 0.4) is 0 Å². The molecule has 1 atom stereocenters. The second-order valence-electron chi connectivity index (χ2n) is 4.73. The minimum Gasteiger partial charge on any atom is -0.475 e. The topological polar surface area (TPSA) is 71.7 Å². The maximum absolute atomic E-state index is 10.9. The van der Waals surface area contributed by atoms with Gasteiger partial charge in [0.05, 0.1) is 6.61 Å². The summed E-state index contributed by atoms with van der Waals surface area (Å²) in [5.41, 5.74) is 1.68. The van der Waals surface area contributed by atoms with Crippen molar-refractivity contribution in [2.45, 2.75) is 25.9 Å². The van der Waals surface area contributed by atoms with E-state index in [9.17, 15) is 4.79 Å². The van der Waals surface area contributed by atoms with Crippen molar-refractivity contribution in [3.05, 3.63) is 35.6 Å². The number of methoxy groups -OCH3 is 1. The lowest BCUT2D eigenvalue weighted by atomic mass is 10.1. The van der Waals surface area contributed by atoms with Crippen LogP contribution in [0.15, 0.2) is 28.7 Å². The summed E-state index contributed by atoms with van der Waals surface area (Å²) in [5, 5.41) is 13.1. The summed E-state index contributed by atoms with van der Waals surface area (Å²) in [6.45, 7) is 3.49. The molecule has 0 fully saturated rings. The van der Waals surface area contributed by atoms with Gasteiger partial charge in [-0.25, -0.2) is 4.79 Å². The minimum absolute atomic E-state index is 0.0315. The Kier molecular flexibility index (Phi) is 4.76. The van der Waals surface area contributed by atoms with Crippen molar-refractivity contribution < 1.29 is 19.1 Å². The van der Waals surface area contributed by atoms with Crippen molar-refractivity contribution in [3.8, 4) is 0 Å². The fraction of sp³-hybridized carbons (Fsp3) is 0.400. The molecule has 20 heavy (non-hydrogen) atoms. The van der Waals surface area contributed by atoms with Crippen LogP contribution in [0.5, 0.6) is 0 Å². The van der Waals surface area contributed by atoms with Crippen molar-refractivity contribution in [1.82, 2.24) is 5.32 Å². The number of fused-ring (bicyclic) bond motifs is 1. The molecule has 0 saturated carbocycles. The largest absolute Gasteiger partial charge is 0.475 e. The minimum atomic E-state index is -1.05. The molecule has 1 aromatic heterocycles. The van der Waals surface area contributed by atoms with Crippen LogP contribution >= 0.6 is 0 Å². The third kappa shape index (κ3) is 3.37. The first kappa shape index (κ1) is 14.6. The van der Waals surface area contributed by atoms with E-state index in [4.69, 9.17) is 14.3 Å². The van der Waals surface area contributed by atoms with Gasteiger partial charge in [0.1, 0.15) is 5.58 Å². The molecule has 5 nitrogen and oxygen atoms in total. The van der Waals surface area contributed by atoms with Gasteiger partial charge in [0, 0.05) is 25.1 Å². The first-order valence-electron chi connectivity index (χ1n) is 6.62. The number of aromatic carboxylic acids is 1. The van der Waals surface area contributed by atoms with Crippen molar-refractivity contribution >= 4 is 16.9 Å². The molecule has 1 heterocycles. The molecule has 5 heteroatoms. The molecule has 1 aromatic carbocycles. The molecule has 0 aliphatic rings. The third-order valence-electron chi connectivity index (χ3n) is 3.25. The van der Waals surface area contributed by atoms with Gasteiger partial charge in [0.15, 0.2) is 0 Å². The first-order chi connectivity index (χ1) is 9.63. The molecule has 0 radical (unpaired) electrons. The van der Waals surface area contributed by atoms with Crippen LogP contribution in [0.25, 0.3) is 11.0 Å². The highest BCUT2D eigenvalue weighted by Crippen LogP contribution is 2.21. The lowest BCUT2D eigenvalue weighted by molar-refractivity contribution is 0.0665. The van der Waals surface area contributed by atoms with Crippen molar-refractivity contribution in [1.29, 1.82) is 0 Å². The van der Waals surface area contributed by atoms with Gasteiger partial charge in [0.2, 0.25) is 5.76 Å². The number of carboxylic acids is 1. The molecule has 0 saturated heterocycles. The van der Waals surface area contributed by atoms with Gasteiger partial charge < -0.3 is 19.6 Å². The third-order valence-corrected chi connectivity index (χ3v) is 3.25. The van der Waals surface area contributed by atoms with Gasteiger partial charge in [-0.15, -0.1) is 0 Å². The fourth-order valence-corrected chi connectivity index (χ4v) is 2.09. The van der Waals surface area contributed by atoms with Crippen LogP contribution < -0.4 is 5.32 Å². The Labute approximate surface area is 117 Å². The molecule has 0 aliphatic heterocycles. The summed E-state index contributed by atoms with van der Waals surface area (Å²) in [6, 6.07) is 7.54. The zero-order valence-electron chi connectivity index (χ0n) is 11.7. The smallest absolute Gasteiger partial charge is 0.371 e. The Bertz CT molecular complexity index is 591. The number of benzene rings is 1. The number of hydrogen-bond donors (Lipinski definition) is 2. The lowest BCUT2D eigenvalue weighted by Crippen LogP contribution is -2.31. The fourth-order valence-electron chi connectivity index (χ4n) is 2.09. The summed E-state index contributed by atoms with van der Waals surface area (Å²) in [7, 11) is 1.69. The van der Waals surface area contributed by atoms with E-state index in [1.807, 2.05) is 12.1 Å². The Morgan fingerprint density at radius 3 is 2.90 bits per heavy atom. The van der Waals surface area contributed by atoms with E-state index in [-0.39, 0.29) is 5.76 Å². The molecule has 2 rings (SSSR count). The highest BCUT2D eigenvalue weighted by molar-refractivity contribution is 5.91. The first-order valence-corrected chi connectivity index (χ1v) is 6.62. The highest BCUT2D eigenvalue weighted by Gasteiger charge is 2.11. The normalized spacial score (nSPS) is 12.7. The maximum atomic E-state index is 10.9. The Morgan fingerprint density at radius 2 is 2.25 bits per heavy atom. The molecule has 0 bridgehead atoms. The average Bonchev–Trinajstić information content (AvgIpc) is 2.86. The predicted octanol–water partition coefficient (Wildman–Crippen LogP) is 2.65. The van der Waals surface area contributed by atoms with Gasteiger partial charge in [-0.05, 0) is 30.2 Å². The van der Waals surface area contributed by atoms with E-state index in [0.717, 1.165) is 17.4 Å².